The molecule has 116 valence electrons. The topological polar surface area (TPSA) is 50.7 Å². The van der Waals surface area contributed by atoms with Crippen LogP contribution in [0, 0.1) is 0 Å². The van der Waals surface area contributed by atoms with E-state index >= 15 is 0 Å². The molecule has 0 heterocycles. The fourth-order valence-electron chi connectivity index (χ4n) is 1.58. The highest BCUT2D eigenvalue weighted by Gasteiger charge is 2.10. The van der Waals surface area contributed by atoms with E-state index in [4.69, 9.17) is 37.8 Å². The fraction of sp³-hybridized carbons (Fsp3) is 0.538. The van der Waals surface area contributed by atoms with Gasteiger partial charge in [-0.2, -0.15) is 0 Å². The Kier molecular flexibility index (Phi) is 11.3. The van der Waals surface area contributed by atoms with E-state index in [1.165, 1.54) is 0 Å². The summed E-state index contributed by atoms with van der Waals surface area (Å²) in [6.07, 6.45) is 0. The summed E-state index contributed by atoms with van der Waals surface area (Å²) in [7, 11) is 0. The largest absolute Gasteiger partial charge is 1.00 e. The zero-order chi connectivity index (χ0) is 14.1. The van der Waals surface area contributed by atoms with Gasteiger partial charge in [-0.05, 0) is 19.1 Å². The minimum absolute atomic E-state index is 0. The van der Waals surface area contributed by atoms with Gasteiger partial charge >= 0.3 is 0 Å². The highest BCUT2D eigenvalue weighted by molar-refractivity contribution is 6.35. The molecule has 7 heteroatoms. The number of halogens is 3. The normalized spacial score (nSPS) is 10.2. The van der Waals surface area contributed by atoms with E-state index < -0.39 is 0 Å². The van der Waals surface area contributed by atoms with Crippen molar-refractivity contribution in [1.29, 1.82) is 0 Å². The van der Waals surface area contributed by atoms with E-state index in [-0.39, 0.29) is 19.0 Å². The average Bonchev–Trinajstić information content (AvgIpc) is 2.37. The number of ether oxygens (including phenoxy) is 2. The third-order valence-electron chi connectivity index (χ3n) is 2.35. The summed E-state index contributed by atoms with van der Waals surface area (Å²) in [6, 6.07) is 3.50. The summed E-state index contributed by atoms with van der Waals surface area (Å²) >= 11 is 12.1. The Labute approximate surface area is 135 Å². The standard InChI is InChI=1S/C13H19Cl2NO3.ClH/c1-2-19-13-10(7-11(14)8-12(13)15)9-16-3-5-18-6-4-17;/h7-8,16-17H,2-6,9H2,1H3;1H/p-1. The molecule has 0 fully saturated rings. The third-order valence-corrected chi connectivity index (χ3v) is 2.85. The molecule has 4 nitrogen and oxygen atoms in total. The first-order valence-electron chi connectivity index (χ1n) is 6.19. The molecule has 0 bridgehead atoms. The van der Waals surface area contributed by atoms with Crippen LogP contribution >= 0.6 is 23.2 Å². The number of aliphatic hydroxyl groups excluding tert-OH is 1. The van der Waals surface area contributed by atoms with Crippen molar-refractivity contribution in [2.45, 2.75) is 13.5 Å². The maximum atomic E-state index is 8.57. The van der Waals surface area contributed by atoms with Gasteiger partial charge < -0.3 is 32.3 Å². The van der Waals surface area contributed by atoms with E-state index in [1.54, 1.807) is 6.07 Å². The maximum Gasteiger partial charge on any atom is 0.142 e. The smallest absolute Gasteiger partial charge is 0.142 e. The molecular formula is C13H19Cl3NO3-. The van der Waals surface area contributed by atoms with Gasteiger partial charge in [0.25, 0.3) is 0 Å². The van der Waals surface area contributed by atoms with Gasteiger partial charge in [0, 0.05) is 23.7 Å². The van der Waals surface area contributed by atoms with Crippen LogP contribution in [0.25, 0.3) is 0 Å². The molecule has 1 rings (SSSR count). The highest BCUT2D eigenvalue weighted by Crippen LogP contribution is 2.32. The SMILES string of the molecule is CCOc1c(Cl)cc(Cl)cc1CNCCOCCO.[Cl-]. The Hall–Kier alpha value is -0.230. The lowest BCUT2D eigenvalue weighted by Gasteiger charge is -2.13. The van der Waals surface area contributed by atoms with Crippen molar-refractivity contribution in [2.75, 3.05) is 33.0 Å². The molecule has 0 aromatic heterocycles. The van der Waals surface area contributed by atoms with Crippen LogP contribution < -0.4 is 22.5 Å². The first-order chi connectivity index (χ1) is 9.19. The minimum atomic E-state index is 0. The van der Waals surface area contributed by atoms with E-state index in [1.807, 2.05) is 13.0 Å². The van der Waals surface area contributed by atoms with Crippen molar-refractivity contribution in [3.05, 3.63) is 27.7 Å². The molecular weight excluding hydrogens is 325 g/mol. The molecule has 20 heavy (non-hydrogen) atoms. The van der Waals surface area contributed by atoms with Crippen LogP contribution in [0.15, 0.2) is 12.1 Å². The lowest BCUT2D eigenvalue weighted by atomic mass is 10.2. The van der Waals surface area contributed by atoms with Gasteiger partial charge in [-0.25, -0.2) is 0 Å². The van der Waals surface area contributed by atoms with Gasteiger partial charge in [-0.1, -0.05) is 23.2 Å². The zero-order valence-corrected chi connectivity index (χ0v) is 13.6. The molecule has 1 aromatic rings. The van der Waals surface area contributed by atoms with Crippen molar-refractivity contribution in [3.8, 4) is 5.75 Å². The minimum Gasteiger partial charge on any atom is -1.00 e. The predicted octanol–water partition coefficient (Wildman–Crippen LogP) is -0.505. The van der Waals surface area contributed by atoms with Crippen molar-refractivity contribution >= 4 is 23.2 Å². The number of nitrogens with one attached hydrogen (secondary N) is 1. The summed E-state index contributed by atoms with van der Waals surface area (Å²) in [4.78, 5) is 0. The predicted molar refractivity (Wildman–Crippen MR) is 77.2 cm³/mol. The van der Waals surface area contributed by atoms with Crippen molar-refractivity contribution in [1.82, 2.24) is 5.32 Å². The van der Waals surface area contributed by atoms with Gasteiger partial charge in [0.1, 0.15) is 5.75 Å². The van der Waals surface area contributed by atoms with E-state index in [2.05, 4.69) is 5.32 Å². The van der Waals surface area contributed by atoms with Crippen LogP contribution in [0.1, 0.15) is 12.5 Å². The molecule has 0 unspecified atom stereocenters. The number of rotatable bonds is 9. The van der Waals surface area contributed by atoms with Crippen molar-refractivity contribution in [3.63, 3.8) is 0 Å². The maximum absolute atomic E-state index is 8.57. The Morgan fingerprint density at radius 2 is 2.00 bits per heavy atom. The lowest BCUT2D eigenvalue weighted by molar-refractivity contribution is -0.00000547. The fourth-order valence-corrected chi connectivity index (χ4v) is 2.18. The summed E-state index contributed by atoms with van der Waals surface area (Å²) < 4.78 is 10.7. The van der Waals surface area contributed by atoms with Crippen LogP contribution in [0.4, 0.5) is 0 Å². The zero-order valence-electron chi connectivity index (χ0n) is 11.3. The molecule has 0 spiro atoms. The molecule has 0 amide bonds. The molecule has 1 aromatic carbocycles. The number of hydrogen-bond donors (Lipinski definition) is 2. The second-order valence-electron chi connectivity index (χ2n) is 3.82. The Balaban J connectivity index is 0.00000361. The van der Waals surface area contributed by atoms with Gasteiger partial charge in [-0.15, -0.1) is 0 Å². The Morgan fingerprint density at radius 1 is 1.25 bits per heavy atom. The second-order valence-corrected chi connectivity index (χ2v) is 4.67. The number of benzene rings is 1. The molecule has 0 saturated carbocycles. The first kappa shape index (κ1) is 19.8. The van der Waals surface area contributed by atoms with E-state index in [9.17, 15) is 0 Å². The molecule has 0 atom stereocenters. The van der Waals surface area contributed by atoms with Gasteiger partial charge in [0.2, 0.25) is 0 Å². The molecule has 0 saturated heterocycles. The number of hydrogen-bond acceptors (Lipinski definition) is 4. The molecule has 0 aliphatic heterocycles. The van der Waals surface area contributed by atoms with Gasteiger partial charge in [0.15, 0.2) is 0 Å². The lowest BCUT2D eigenvalue weighted by Crippen LogP contribution is -3.00. The quantitative estimate of drug-likeness (QED) is 0.593. The first-order valence-corrected chi connectivity index (χ1v) is 6.94. The summed E-state index contributed by atoms with van der Waals surface area (Å²) in [6.45, 7) is 4.67. The molecule has 2 N–H and O–H groups in total. The summed E-state index contributed by atoms with van der Waals surface area (Å²) in [5, 5.41) is 12.9. The monoisotopic (exact) mass is 342 g/mol. The summed E-state index contributed by atoms with van der Waals surface area (Å²) in [5.41, 5.74) is 0.918. The molecule has 0 aliphatic rings. The van der Waals surface area contributed by atoms with Crippen LogP contribution in [0.5, 0.6) is 5.75 Å². The second kappa shape index (κ2) is 11.4. The van der Waals surface area contributed by atoms with Crippen molar-refractivity contribution < 1.29 is 27.0 Å². The van der Waals surface area contributed by atoms with Gasteiger partial charge in [-0.3, -0.25) is 0 Å². The Bertz CT molecular complexity index is 391. The van der Waals surface area contributed by atoms with Crippen LogP contribution in [0.2, 0.25) is 10.0 Å². The van der Waals surface area contributed by atoms with E-state index in [0.717, 1.165) is 5.56 Å². The average molecular weight is 344 g/mol. The third kappa shape index (κ3) is 6.97. The Morgan fingerprint density at radius 3 is 2.65 bits per heavy atom. The molecule has 0 aliphatic carbocycles. The van der Waals surface area contributed by atoms with Crippen molar-refractivity contribution in [2.24, 2.45) is 0 Å². The van der Waals surface area contributed by atoms with Crippen LogP contribution in [-0.2, 0) is 11.3 Å². The number of aliphatic hydroxyl groups is 1. The van der Waals surface area contributed by atoms with Crippen LogP contribution in [0.3, 0.4) is 0 Å². The van der Waals surface area contributed by atoms with E-state index in [0.29, 0.717) is 48.7 Å². The van der Waals surface area contributed by atoms with Crippen LogP contribution in [-0.4, -0.2) is 38.1 Å². The highest BCUT2D eigenvalue weighted by atomic mass is 35.5. The molecule has 0 radical (unpaired) electrons. The summed E-state index contributed by atoms with van der Waals surface area (Å²) in [5.74, 6) is 0.664. The van der Waals surface area contributed by atoms with Gasteiger partial charge in [0.05, 0.1) is 31.5 Å².